The maximum absolute atomic E-state index is 12.9. The molecule has 0 atom stereocenters. The number of carbonyl (C=O) groups is 1. The number of pyridine rings is 1. The first-order chi connectivity index (χ1) is 8.65. The van der Waals surface area contributed by atoms with E-state index in [0.29, 0.717) is 6.54 Å². The summed E-state index contributed by atoms with van der Waals surface area (Å²) in [6.07, 6.45) is 3.99. The molecule has 1 aromatic rings. The molecule has 1 fully saturated rings. The molecule has 98 valence electrons. The number of nitrogens with zero attached hydrogens (tertiary/aromatic N) is 1. The number of hydrogen-bond donors (Lipinski definition) is 2. The lowest BCUT2D eigenvalue weighted by molar-refractivity contribution is 0.0875. The van der Waals surface area contributed by atoms with E-state index in [9.17, 15) is 14.3 Å². The zero-order valence-corrected chi connectivity index (χ0v) is 10.2. The predicted molar refractivity (Wildman–Crippen MR) is 64.5 cm³/mol. The molecule has 18 heavy (non-hydrogen) atoms. The van der Waals surface area contributed by atoms with Gasteiger partial charge in [0.05, 0.1) is 6.61 Å². The second-order valence-corrected chi connectivity index (χ2v) is 4.89. The Morgan fingerprint density at radius 2 is 2.17 bits per heavy atom. The van der Waals surface area contributed by atoms with Gasteiger partial charge in [0.1, 0.15) is 5.69 Å². The fourth-order valence-corrected chi connectivity index (χ4v) is 2.41. The van der Waals surface area contributed by atoms with Gasteiger partial charge in [0.15, 0.2) is 0 Å². The molecule has 4 nitrogen and oxygen atoms in total. The average molecular weight is 252 g/mol. The second-order valence-electron chi connectivity index (χ2n) is 4.89. The van der Waals surface area contributed by atoms with E-state index < -0.39 is 11.9 Å². The van der Waals surface area contributed by atoms with Crippen molar-refractivity contribution in [1.82, 2.24) is 10.3 Å². The van der Waals surface area contributed by atoms with Crippen molar-refractivity contribution in [3.05, 3.63) is 29.8 Å². The fourth-order valence-electron chi connectivity index (χ4n) is 2.41. The van der Waals surface area contributed by atoms with Crippen LogP contribution >= 0.6 is 0 Å². The Kier molecular flexibility index (Phi) is 3.91. The van der Waals surface area contributed by atoms with Crippen LogP contribution in [0.15, 0.2) is 18.2 Å². The molecule has 1 amide bonds. The summed E-state index contributed by atoms with van der Waals surface area (Å²) in [5.41, 5.74) is -0.135. The first kappa shape index (κ1) is 13.0. The number of aromatic nitrogens is 1. The summed E-state index contributed by atoms with van der Waals surface area (Å²) < 4.78 is 12.9. The molecule has 1 aromatic heterocycles. The van der Waals surface area contributed by atoms with Crippen LogP contribution in [0.25, 0.3) is 0 Å². The van der Waals surface area contributed by atoms with Crippen molar-refractivity contribution in [3.8, 4) is 0 Å². The number of hydrogen-bond acceptors (Lipinski definition) is 3. The van der Waals surface area contributed by atoms with Gasteiger partial charge in [-0.15, -0.1) is 0 Å². The second kappa shape index (κ2) is 5.44. The standard InChI is InChI=1S/C13H17FN2O2/c14-11-5-3-4-10(16-11)12(18)15-8-13(9-17)6-1-2-7-13/h3-5,17H,1-2,6-9H2,(H,15,18). The Hall–Kier alpha value is -1.49. The smallest absolute Gasteiger partial charge is 0.270 e. The molecule has 0 saturated heterocycles. The molecule has 2 N–H and O–H groups in total. The van der Waals surface area contributed by atoms with E-state index in [2.05, 4.69) is 10.3 Å². The van der Waals surface area contributed by atoms with Crippen LogP contribution < -0.4 is 5.32 Å². The highest BCUT2D eigenvalue weighted by molar-refractivity contribution is 5.92. The highest BCUT2D eigenvalue weighted by Crippen LogP contribution is 2.36. The third kappa shape index (κ3) is 2.85. The zero-order valence-electron chi connectivity index (χ0n) is 10.2. The Balaban J connectivity index is 1.96. The number of carbonyl (C=O) groups excluding carboxylic acids is 1. The quantitative estimate of drug-likeness (QED) is 0.798. The fraction of sp³-hybridized carbons (Fsp3) is 0.538. The SMILES string of the molecule is O=C(NCC1(CO)CCCC1)c1cccc(F)n1. The number of rotatable bonds is 4. The normalized spacial score (nSPS) is 17.7. The molecule has 0 unspecified atom stereocenters. The van der Waals surface area contributed by atoms with Crippen LogP contribution in [-0.2, 0) is 0 Å². The largest absolute Gasteiger partial charge is 0.396 e. The lowest BCUT2D eigenvalue weighted by Crippen LogP contribution is -2.38. The highest BCUT2D eigenvalue weighted by atomic mass is 19.1. The van der Waals surface area contributed by atoms with E-state index in [0.717, 1.165) is 25.7 Å². The zero-order chi connectivity index (χ0) is 13.0. The summed E-state index contributed by atoms with van der Waals surface area (Å²) in [7, 11) is 0. The Labute approximate surface area is 105 Å². The summed E-state index contributed by atoms with van der Waals surface area (Å²) >= 11 is 0. The summed E-state index contributed by atoms with van der Waals surface area (Å²) in [5.74, 6) is -1.06. The minimum Gasteiger partial charge on any atom is -0.396 e. The molecule has 0 aromatic carbocycles. The Bertz CT molecular complexity index is 431. The highest BCUT2D eigenvalue weighted by Gasteiger charge is 2.33. The monoisotopic (exact) mass is 252 g/mol. The van der Waals surface area contributed by atoms with Crippen LogP contribution in [-0.4, -0.2) is 29.1 Å². The maximum Gasteiger partial charge on any atom is 0.270 e. The van der Waals surface area contributed by atoms with Gasteiger partial charge in [-0.05, 0) is 25.0 Å². The summed E-state index contributed by atoms with van der Waals surface area (Å²) in [5, 5.41) is 12.1. The number of halogens is 1. The van der Waals surface area contributed by atoms with Gasteiger partial charge in [-0.25, -0.2) is 4.98 Å². The van der Waals surface area contributed by atoms with Crippen molar-refractivity contribution in [2.75, 3.05) is 13.2 Å². The maximum atomic E-state index is 12.9. The van der Waals surface area contributed by atoms with E-state index in [1.165, 1.54) is 18.2 Å². The Morgan fingerprint density at radius 3 is 2.78 bits per heavy atom. The van der Waals surface area contributed by atoms with Crippen molar-refractivity contribution in [3.63, 3.8) is 0 Å². The van der Waals surface area contributed by atoms with Crippen LogP contribution in [0.5, 0.6) is 0 Å². The minimum atomic E-state index is -0.666. The van der Waals surface area contributed by atoms with Gasteiger partial charge in [-0.2, -0.15) is 4.39 Å². The van der Waals surface area contributed by atoms with Crippen LogP contribution in [0, 0.1) is 11.4 Å². The molecular weight excluding hydrogens is 235 g/mol. The number of aliphatic hydroxyl groups is 1. The van der Waals surface area contributed by atoms with Crippen LogP contribution in [0.1, 0.15) is 36.2 Å². The third-order valence-electron chi connectivity index (χ3n) is 3.57. The Morgan fingerprint density at radius 1 is 1.44 bits per heavy atom. The van der Waals surface area contributed by atoms with Gasteiger partial charge in [0.25, 0.3) is 5.91 Å². The minimum absolute atomic E-state index is 0.0705. The van der Waals surface area contributed by atoms with E-state index in [4.69, 9.17) is 0 Å². The van der Waals surface area contributed by atoms with Crippen molar-refractivity contribution in [1.29, 1.82) is 0 Å². The van der Waals surface area contributed by atoms with Gasteiger partial charge in [-0.3, -0.25) is 4.79 Å². The third-order valence-corrected chi connectivity index (χ3v) is 3.57. The van der Waals surface area contributed by atoms with Crippen molar-refractivity contribution in [2.24, 2.45) is 5.41 Å². The molecule has 0 bridgehead atoms. The first-order valence-corrected chi connectivity index (χ1v) is 6.17. The lowest BCUT2D eigenvalue weighted by atomic mass is 9.87. The number of amides is 1. The molecule has 2 rings (SSSR count). The molecule has 1 saturated carbocycles. The molecule has 1 heterocycles. The number of nitrogens with one attached hydrogen (secondary N) is 1. The van der Waals surface area contributed by atoms with Gasteiger partial charge >= 0.3 is 0 Å². The van der Waals surface area contributed by atoms with Crippen molar-refractivity contribution < 1.29 is 14.3 Å². The molecule has 0 spiro atoms. The summed E-state index contributed by atoms with van der Waals surface area (Å²) in [6, 6.07) is 4.12. The van der Waals surface area contributed by atoms with E-state index in [-0.39, 0.29) is 17.7 Å². The average Bonchev–Trinajstić information content (AvgIpc) is 2.85. The topological polar surface area (TPSA) is 62.2 Å². The van der Waals surface area contributed by atoms with Crippen LogP contribution in [0.2, 0.25) is 0 Å². The first-order valence-electron chi connectivity index (χ1n) is 6.17. The van der Waals surface area contributed by atoms with Crippen LogP contribution in [0.4, 0.5) is 4.39 Å². The molecule has 1 aliphatic rings. The van der Waals surface area contributed by atoms with Gasteiger partial charge in [-0.1, -0.05) is 18.9 Å². The lowest BCUT2D eigenvalue weighted by Gasteiger charge is -2.26. The predicted octanol–water partition coefficient (Wildman–Crippen LogP) is 1.50. The van der Waals surface area contributed by atoms with Crippen molar-refractivity contribution in [2.45, 2.75) is 25.7 Å². The van der Waals surface area contributed by atoms with Gasteiger partial charge in [0, 0.05) is 12.0 Å². The summed E-state index contributed by atoms with van der Waals surface area (Å²) in [6.45, 7) is 0.490. The van der Waals surface area contributed by atoms with Crippen LogP contribution in [0.3, 0.4) is 0 Å². The van der Waals surface area contributed by atoms with E-state index >= 15 is 0 Å². The van der Waals surface area contributed by atoms with Gasteiger partial charge in [0.2, 0.25) is 5.95 Å². The molecule has 1 aliphatic carbocycles. The summed E-state index contributed by atoms with van der Waals surface area (Å²) in [4.78, 5) is 15.3. The molecule has 5 heteroatoms. The van der Waals surface area contributed by atoms with Gasteiger partial charge < -0.3 is 10.4 Å². The van der Waals surface area contributed by atoms with Crippen molar-refractivity contribution >= 4 is 5.91 Å². The van der Waals surface area contributed by atoms with E-state index in [1.807, 2.05) is 0 Å². The molecule has 0 radical (unpaired) electrons. The molecular formula is C13H17FN2O2. The number of aliphatic hydroxyl groups excluding tert-OH is 1. The van der Waals surface area contributed by atoms with E-state index in [1.54, 1.807) is 0 Å². The molecule has 0 aliphatic heterocycles.